The fraction of sp³-hybridized carbons (Fsp3) is 0.0833. The van der Waals surface area contributed by atoms with Gasteiger partial charge < -0.3 is 4.42 Å². The summed E-state index contributed by atoms with van der Waals surface area (Å²) >= 11 is 0. The van der Waals surface area contributed by atoms with Crippen LogP contribution in [0.1, 0.15) is 30.5 Å². The number of hydrogen-bond donors (Lipinski definition) is 0. The summed E-state index contributed by atoms with van der Waals surface area (Å²) in [6, 6.07) is 55.8. The number of benzene rings is 8. The number of furan rings is 1. The molecule has 1 heteroatoms. The van der Waals surface area contributed by atoms with Crippen LogP contribution in [-0.4, -0.2) is 0 Å². The molecule has 8 aromatic carbocycles. The lowest BCUT2D eigenvalue weighted by molar-refractivity contribution is 0.660. The van der Waals surface area contributed by atoms with E-state index in [4.69, 9.17) is 4.42 Å². The summed E-state index contributed by atoms with van der Waals surface area (Å²) in [6.45, 7) is 6.88. The van der Waals surface area contributed by atoms with Gasteiger partial charge in [0.05, 0.1) is 0 Å². The highest BCUT2D eigenvalue weighted by atomic mass is 16.3. The van der Waals surface area contributed by atoms with Gasteiger partial charge in [0.1, 0.15) is 11.2 Å². The van der Waals surface area contributed by atoms with E-state index in [1.54, 1.807) is 0 Å². The fourth-order valence-electron chi connectivity index (χ4n) is 8.63. The van der Waals surface area contributed by atoms with Gasteiger partial charge in [-0.05, 0) is 108 Å². The smallest absolute Gasteiger partial charge is 0.136 e. The number of aryl methyl sites for hydroxylation is 1. The van der Waals surface area contributed by atoms with Crippen LogP contribution in [0.3, 0.4) is 0 Å². The molecule has 0 radical (unpaired) electrons. The maximum absolute atomic E-state index is 6.61. The lowest BCUT2D eigenvalue weighted by Gasteiger charge is -2.23. The molecule has 0 atom stereocenters. The minimum atomic E-state index is -0.0718. The van der Waals surface area contributed by atoms with Crippen LogP contribution in [0.25, 0.3) is 88.0 Å². The first-order valence-corrected chi connectivity index (χ1v) is 17.2. The highest BCUT2D eigenvalue weighted by Gasteiger charge is 2.35. The molecule has 0 fully saturated rings. The van der Waals surface area contributed by atoms with E-state index in [1.165, 1.54) is 77.2 Å². The molecule has 1 nitrogen and oxygen atoms in total. The first-order chi connectivity index (χ1) is 24.0. The average Bonchev–Trinajstić information content (AvgIpc) is 3.62. The normalized spacial score (nSPS) is 13.4. The zero-order valence-electron chi connectivity index (χ0n) is 27.8. The van der Waals surface area contributed by atoms with Crippen molar-refractivity contribution in [2.75, 3.05) is 0 Å². The predicted molar refractivity (Wildman–Crippen MR) is 207 cm³/mol. The molecule has 1 heterocycles. The van der Waals surface area contributed by atoms with Gasteiger partial charge in [-0.1, -0.05) is 147 Å². The number of para-hydroxylation sites is 1. The molecule has 0 aliphatic heterocycles. The first-order valence-electron chi connectivity index (χ1n) is 17.2. The predicted octanol–water partition coefficient (Wildman–Crippen LogP) is 13.5. The van der Waals surface area contributed by atoms with E-state index in [0.717, 1.165) is 27.5 Å². The molecular weight excluding hydrogens is 593 g/mol. The highest BCUT2D eigenvalue weighted by molar-refractivity contribution is 6.26. The molecule has 0 saturated carbocycles. The fourth-order valence-corrected chi connectivity index (χ4v) is 8.63. The quantitative estimate of drug-likeness (QED) is 0.178. The van der Waals surface area contributed by atoms with Crippen molar-refractivity contribution >= 4 is 43.5 Å². The van der Waals surface area contributed by atoms with Gasteiger partial charge in [-0.2, -0.15) is 0 Å². The van der Waals surface area contributed by atoms with Gasteiger partial charge in [-0.25, -0.2) is 0 Å². The van der Waals surface area contributed by atoms with Crippen LogP contribution in [0.2, 0.25) is 0 Å². The van der Waals surface area contributed by atoms with Gasteiger partial charge in [-0.15, -0.1) is 0 Å². The van der Waals surface area contributed by atoms with Crippen molar-refractivity contribution < 1.29 is 4.42 Å². The Kier molecular flexibility index (Phi) is 5.91. The Hall–Kier alpha value is -5.92. The van der Waals surface area contributed by atoms with Gasteiger partial charge >= 0.3 is 0 Å². The molecule has 0 saturated heterocycles. The van der Waals surface area contributed by atoms with E-state index in [-0.39, 0.29) is 5.41 Å². The second-order valence-corrected chi connectivity index (χ2v) is 14.1. The van der Waals surface area contributed by atoms with Crippen molar-refractivity contribution in [1.82, 2.24) is 0 Å². The highest BCUT2D eigenvalue weighted by Crippen LogP contribution is 2.52. The van der Waals surface area contributed by atoms with Crippen LogP contribution in [0.4, 0.5) is 0 Å². The molecule has 0 spiro atoms. The summed E-state index contributed by atoms with van der Waals surface area (Å²) in [5.74, 6) is 0. The molecule has 1 aliphatic carbocycles. The third-order valence-corrected chi connectivity index (χ3v) is 10.9. The molecular formula is C48H34O. The van der Waals surface area contributed by atoms with Crippen molar-refractivity contribution in [2.24, 2.45) is 0 Å². The minimum absolute atomic E-state index is 0.0718. The maximum atomic E-state index is 6.61. The van der Waals surface area contributed by atoms with Crippen molar-refractivity contribution in [3.8, 4) is 44.5 Å². The van der Waals surface area contributed by atoms with Crippen LogP contribution in [-0.2, 0) is 5.41 Å². The summed E-state index contributed by atoms with van der Waals surface area (Å²) < 4.78 is 6.61. The van der Waals surface area contributed by atoms with Gasteiger partial charge in [0.2, 0.25) is 0 Å². The summed E-state index contributed by atoms with van der Waals surface area (Å²) in [7, 11) is 0. The lowest BCUT2D eigenvalue weighted by atomic mass is 9.80. The number of hydrogen-bond acceptors (Lipinski definition) is 1. The molecule has 0 bridgehead atoms. The minimum Gasteiger partial charge on any atom is -0.456 e. The van der Waals surface area contributed by atoms with E-state index in [9.17, 15) is 0 Å². The van der Waals surface area contributed by atoms with Crippen LogP contribution >= 0.6 is 0 Å². The van der Waals surface area contributed by atoms with E-state index >= 15 is 0 Å². The Morgan fingerprint density at radius 2 is 1.04 bits per heavy atom. The van der Waals surface area contributed by atoms with E-state index in [0.29, 0.717) is 0 Å². The molecule has 232 valence electrons. The average molecular weight is 627 g/mol. The zero-order chi connectivity index (χ0) is 32.9. The third-order valence-electron chi connectivity index (χ3n) is 10.9. The van der Waals surface area contributed by atoms with Crippen LogP contribution in [0.15, 0.2) is 156 Å². The number of fused-ring (bicyclic) bond motifs is 8. The first kappa shape index (κ1) is 28.1. The number of rotatable bonds is 3. The van der Waals surface area contributed by atoms with Crippen molar-refractivity contribution in [3.05, 3.63) is 168 Å². The molecule has 1 aromatic heterocycles. The third kappa shape index (κ3) is 4.06. The van der Waals surface area contributed by atoms with E-state index in [1.807, 2.05) is 0 Å². The molecule has 0 N–H and O–H groups in total. The summed E-state index contributed by atoms with van der Waals surface area (Å²) in [5, 5.41) is 7.30. The molecule has 10 rings (SSSR count). The van der Waals surface area contributed by atoms with Gasteiger partial charge in [0.25, 0.3) is 0 Å². The maximum Gasteiger partial charge on any atom is 0.136 e. The standard InChI is InChI=1S/C48H34O/c1-29-13-12-14-30(25-29)32-26-40(47-39-20-9-11-22-43(39)49-44(47)28-32)46-37-18-6-4-16-35(37)45(36-17-5-7-19-38(36)46)31-23-24-34-33-15-8-10-21-41(33)48(2,3)42(34)27-31/h4-28H,1-3H3. The van der Waals surface area contributed by atoms with Crippen molar-refractivity contribution in [3.63, 3.8) is 0 Å². The molecule has 9 aromatic rings. The van der Waals surface area contributed by atoms with Crippen molar-refractivity contribution in [2.45, 2.75) is 26.2 Å². The Bertz CT molecular complexity index is 2750. The summed E-state index contributed by atoms with van der Waals surface area (Å²) in [4.78, 5) is 0. The molecule has 1 aliphatic rings. The second kappa shape index (κ2) is 10.3. The molecule has 0 unspecified atom stereocenters. The van der Waals surface area contributed by atoms with Gasteiger partial charge in [0.15, 0.2) is 0 Å². The Balaban J connectivity index is 1.31. The van der Waals surface area contributed by atoms with E-state index in [2.05, 4.69) is 172 Å². The lowest BCUT2D eigenvalue weighted by Crippen LogP contribution is -2.14. The van der Waals surface area contributed by atoms with Crippen LogP contribution in [0, 0.1) is 6.92 Å². The topological polar surface area (TPSA) is 13.1 Å². The second-order valence-electron chi connectivity index (χ2n) is 14.1. The SMILES string of the molecule is Cc1cccc(-c2cc(-c3c4ccccc4c(-c4ccc5c(c4)C(C)(C)c4ccccc4-5)c4ccccc34)c3c(c2)oc2ccccc23)c1. The Labute approximate surface area is 286 Å². The van der Waals surface area contributed by atoms with Crippen molar-refractivity contribution in [1.29, 1.82) is 0 Å². The molecule has 49 heavy (non-hydrogen) atoms. The molecule has 0 amide bonds. The monoisotopic (exact) mass is 626 g/mol. The zero-order valence-corrected chi connectivity index (χ0v) is 27.8. The van der Waals surface area contributed by atoms with Gasteiger partial charge in [-0.3, -0.25) is 0 Å². The Morgan fingerprint density at radius 1 is 0.408 bits per heavy atom. The van der Waals surface area contributed by atoms with Gasteiger partial charge in [0, 0.05) is 16.2 Å². The van der Waals surface area contributed by atoms with E-state index < -0.39 is 0 Å². The Morgan fingerprint density at radius 3 is 1.78 bits per heavy atom. The summed E-state index contributed by atoms with van der Waals surface area (Å²) in [5.41, 5.74) is 15.8. The van der Waals surface area contributed by atoms with Crippen LogP contribution < -0.4 is 0 Å². The largest absolute Gasteiger partial charge is 0.456 e. The summed E-state index contributed by atoms with van der Waals surface area (Å²) in [6.07, 6.45) is 0. The van der Waals surface area contributed by atoms with Crippen LogP contribution in [0.5, 0.6) is 0 Å².